The number of nitrogens with one attached hydrogen (secondary N) is 2. The fraction of sp³-hybridized carbons (Fsp3) is 0.286. The number of carbonyl (C=O) groups is 3. The average Bonchev–Trinajstić information content (AvgIpc) is 3.07. The molecule has 29 heavy (non-hydrogen) atoms. The molecule has 2 heterocycles. The lowest BCUT2D eigenvalue weighted by atomic mass is 10.1. The first kappa shape index (κ1) is 21.9. The van der Waals surface area contributed by atoms with Crippen molar-refractivity contribution in [2.45, 2.75) is 32.9 Å². The number of imide groups is 1. The molecule has 0 bridgehead atoms. The van der Waals surface area contributed by atoms with E-state index in [1.165, 1.54) is 18.2 Å². The van der Waals surface area contributed by atoms with E-state index in [9.17, 15) is 18.8 Å². The molecule has 3 aliphatic rings. The smallest absolute Gasteiger partial charge is 0.322 e. The van der Waals surface area contributed by atoms with E-state index in [1.54, 1.807) is 36.2 Å². The Morgan fingerprint density at radius 1 is 1.17 bits per heavy atom. The number of aromatic hydroxyl groups is 1. The Kier molecular flexibility index (Phi) is 7.30. The van der Waals surface area contributed by atoms with Crippen molar-refractivity contribution < 1.29 is 23.9 Å². The summed E-state index contributed by atoms with van der Waals surface area (Å²) in [5.74, 6) is -0.545. The van der Waals surface area contributed by atoms with Gasteiger partial charge in [0.15, 0.2) is 0 Å². The second-order valence-corrected chi connectivity index (χ2v) is 6.29. The first-order valence-corrected chi connectivity index (χ1v) is 9.26. The summed E-state index contributed by atoms with van der Waals surface area (Å²) in [5.41, 5.74) is 2.18. The summed E-state index contributed by atoms with van der Waals surface area (Å²) in [6.45, 7) is 4.65. The number of benzene rings is 1. The zero-order chi connectivity index (χ0) is 21.6. The van der Waals surface area contributed by atoms with Crippen LogP contribution in [0.4, 0.5) is 9.18 Å². The van der Waals surface area contributed by atoms with Gasteiger partial charge in [-0.2, -0.15) is 0 Å². The number of hydrogen-bond donors (Lipinski definition) is 3. The maximum Gasteiger partial charge on any atom is 0.322 e. The van der Waals surface area contributed by atoms with Crippen LogP contribution in [0.3, 0.4) is 0 Å². The molecule has 4 amide bonds. The molecule has 1 fully saturated rings. The minimum Gasteiger partial charge on any atom is -0.508 e. The van der Waals surface area contributed by atoms with Crippen molar-refractivity contribution >= 4 is 17.8 Å². The van der Waals surface area contributed by atoms with Gasteiger partial charge in [-0.3, -0.25) is 14.9 Å². The summed E-state index contributed by atoms with van der Waals surface area (Å²) >= 11 is 0. The van der Waals surface area contributed by atoms with E-state index >= 15 is 0 Å². The standard InChI is InChI=1S/C10H9FN2O2.C9H9NO2.C2H6/c11-7-3-1-2-6(4-5-7)8-9(14)13-10(15)12-8;1-10-5-6-2-3-7(11)4-8(6)9(10)12;1-2/h1-2,4-5,8H,3H2,(H2,12,13,14,15);2-4,11H,5H2,1H3;1-2H3. The number of phenolic OH excluding ortho intramolecular Hbond substituents is 1. The molecule has 3 N–H and O–H groups in total. The van der Waals surface area contributed by atoms with Crippen molar-refractivity contribution in [1.82, 2.24) is 15.5 Å². The van der Waals surface area contributed by atoms with Gasteiger partial charge in [0.25, 0.3) is 11.8 Å². The molecule has 0 aromatic heterocycles. The quantitative estimate of drug-likeness (QED) is 0.630. The maximum atomic E-state index is 12.9. The van der Waals surface area contributed by atoms with Crippen molar-refractivity contribution in [3.63, 3.8) is 0 Å². The SMILES string of the molecule is CC.CN1Cc2ccc(O)cc2C1=O.O=C1NC(=O)C(C2=CC=C(F)CC=C2)N1. The predicted octanol–water partition coefficient (Wildman–Crippen LogP) is 2.94. The number of fused-ring (bicyclic) bond motifs is 1. The number of amides is 4. The van der Waals surface area contributed by atoms with Gasteiger partial charge < -0.3 is 15.3 Å². The highest BCUT2D eigenvalue weighted by Crippen LogP contribution is 2.24. The summed E-state index contributed by atoms with van der Waals surface area (Å²) in [7, 11) is 1.75. The molecule has 1 aromatic rings. The van der Waals surface area contributed by atoms with Gasteiger partial charge in [0.05, 0.1) is 0 Å². The lowest BCUT2D eigenvalue weighted by Gasteiger charge is -2.06. The van der Waals surface area contributed by atoms with Crippen LogP contribution in [-0.4, -0.2) is 40.9 Å². The van der Waals surface area contributed by atoms with Crippen molar-refractivity contribution in [2.75, 3.05) is 7.05 Å². The molecule has 8 heteroatoms. The minimum absolute atomic E-state index is 0.0131. The molecular formula is C21H24FN3O4. The highest BCUT2D eigenvalue weighted by Gasteiger charge is 2.31. The molecule has 0 radical (unpaired) electrons. The van der Waals surface area contributed by atoms with E-state index in [2.05, 4.69) is 10.6 Å². The fourth-order valence-electron chi connectivity index (χ4n) is 2.90. The number of rotatable bonds is 1. The molecule has 154 valence electrons. The van der Waals surface area contributed by atoms with E-state index in [1.807, 2.05) is 13.8 Å². The van der Waals surface area contributed by atoms with Crippen molar-refractivity contribution in [2.24, 2.45) is 0 Å². The fourth-order valence-corrected chi connectivity index (χ4v) is 2.90. The van der Waals surface area contributed by atoms with Crippen LogP contribution in [0.1, 0.15) is 36.2 Å². The second kappa shape index (κ2) is 9.68. The topological polar surface area (TPSA) is 98.7 Å². The van der Waals surface area contributed by atoms with Crippen LogP contribution in [0.15, 0.2) is 53.9 Å². The Bertz CT molecular complexity index is 905. The third-order valence-electron chi connectivity index (χ3n) is 4.27. The van der Waals surface area contributed by atoms with Gasteiger partial charge in [0.1, 0.15) is 17.6 Å². The number of carbonyl (C=O) groups excluding carboxylic acids is 3. The zero-order valence-electron chi connectivity index (χ0n) is 16.5. The van der Waals surface area contributed by atoms with Crippen molar-refractivity contribution in [3.05, 3.63) is 65.0 Å². The number of nitrogens with zero attached hydrogens (tertiary/aromatic N) is 1. The van der Waals surface area contributed by atoms with Gasteiger partial charge in [0, 0.05) is 25.6 Å². The van der Waals surface area contributed by atoms with Gasteiger partial charge in [-0.25, -0.2) is 9.18 Å². The summed E-state index contributed by atoms with van der Waals surface area (Å²) in [6.07, 6.45) is 6.26. The molecule has 0 spiro atoms. The van der Waals surface area contributed by atoms with Crippen LogP contribution in [-0.2, 0) is 11.3 Å². The molecule has 0 saturated carbocycles. The van der Waals surface area contributed by atoms with Crippen LogP contribution in [0, 0.1) is 0 Å². The maximum absolute atomic E-state index is 12.9. The van der Waals surface area contributed by atoms with Gasteiger partial charge in [-0.15, -0.1) is 0 Å². The van der Waals surface area contributed by atoms with E-state index in [0.717, 1.165) is 5.56 Å². The monoisotopic (exact) mass is 401 g/mol. The predicted molar refractivity (Wildman–Crippen MR) is 107 cm³/mol. The first-order valence-electron chi connectivity index (χ1n) is 9.26. The summed E-state index contributed by atoms with van der Waals surface area (Å²) in [4.78, 5) is 35.2. The number of hydrogen-bond acceptors (Lipinski definition) is 4. The van der Waals surface area contributed by atoms with E-state index in [-0.39, 0.29) is 23.9 Å². The van der Waals surface area contributed by atoms with E-state index in [4.69, 9.17) is 5.11 Å². The summed E-state index contributed by atoms with van der Waals surface area (Å²) < 4.78 is 12.9. The Morgan fingerprint density at radius 2 is 1.90 bits per heavy atom. The lowest BCUT2D eigenvalue weighted by Crippen LogP contribution is -2.30. The third kappa shape index (κ3) is 5.31. The van der Waals surface area contributed by atoms with Crippen LogP contribution in [0.5, 0.6) is 5.75 Å². The highest BCUT2D eigenvalue weighted by molar-refractivity contribution is 6.06. The Balaban J connectivity index is 0.000000194. The molecule has 1 unspecified atom stereocenters. The first-order chi connectivity index (χ1) is 13.8. The molecule has 1 aromatic carbocycles. The van der Waals surface area contributed by atoms with Crippen LogP contribution in [0.2, 0.25) is 0 Å². The molecule has 4 rings (SSSR count). The minimum atomic E-state index is -0.712. The number of halogens is 1. The molecule has 1 saturated heterocycles. The Hall–Kier alpha value is -3.42. The number of allylic oxidation sites excluding steroid dienone is 4. The van der Waals surface area contributed by atoms with Gasteiger partial charge >= 0.3 is 6.03 Å². The van der Waals surface area contributed by atoms with Gasteiger partial charge in [0.2, 0.25) is 0 Å². The van der Waals surface area contributed by atoms with Crippen LogP contribution in [0.25, 0.3) is 0 Å². The summed E-state index contributed by atoms with van der Waals surface area (Å²) in [5, 5.41) is 13.7. The Morgan fingerprint density at radius 3 is 2.55 bits per heavy atom. The zero-order valence-corrected chi connectivity index (χ0v) is 16.5. The molecular weight excluding hydrogens is 377 g/mol. The highest BCUT2D eigenvalue weighted by atomic mass is 19.1. The number of phenols is 1. The molecule has 1 aliphatic carbocycles. The average molecular weight is 401 g/mol. The Labute approximate surface area is 168 Å². The largest absolute Gasteiger partial charge is 0.508 e. The number of urea groups is 1. The van der Waals surface area contributed by atoms with Crippen molar-refractivity contribution in [3.8, 4) is 5.75 Å². The lowest BCUT2D eigenvalue weighted by molar-refractivity contribution is -0.119. The third-order valence-corrected chi connectivity index (χ3v) is 4.27. The molecule has 2 aliphatic heterocycles. The van der Waals surface area contributed by atoms with Gasteiger partial charge in [-0.05, 0) is 29.3 Å². The van der Waals surface area contributed by atoms with Crippen molar-refractivity contribution in [1.29, 1.82) is 0 Å². The van der Waals surface area contributed by atoms with Crippen LogP contribution < -0.4 is 10.6 Å². The van der Waals surface area contributed by atoms with E-state index < -0.39 is 18.0 Å². The van der Waals surface area contributed by atoms with Gasteiger partial charge in [-0.1, -0.05) is 38.1 Å². The van der Waals surface area contributed by atoms with Crippen LogP contribution >= 0.6 is 0 Å². The summed E-state index contributed by atoms with van der Waals surface area (Å²) in [6, 6.07) is 3.67. The van der Waals surface area contributed by atoms with E-state index in [0.29, 0.717) is 17.7 Å². The normalized spacial score (nSPS) is 19.5. The molecule has 1 atom stereocenters. The second-order valence-electron chi connectivity index (χ2n) is 6.29. The molecule has 7 nitrogen and oxygen atoms in total.